The molecule has 0 aliphatic heterocycles. The highest BCUT2D eigenvalue weighted by Gasteiger charge is 2.22. The van der Waals surface area contributed by atoms with Crippen molar-refractivity contribution in [2.75, 3.05) is 19.1 Å². The number of nitro groups is 1. The first-order valence-corrected chi connectivity index (χ1v) is 6.20. The molecule has 0 fully saturated rings. The molecule has 0 aliphatic rings. The smallest absolute Gasteiger partial charge is 0.295 e. The normalized spacial score (nSPS) is 10.5. The Morgan fingerprint density at radius 1 is 1.48 bits per heavy atom. The Kier molecular flexibility index (Phi) is 4.11. The summed E-state index contributed by atoms with van der Waals surface area (Å²) in [6.07, 6.45) is 1.55. The summed E-state index contributed by atoms with van der Waals surface area (Å²) in [6.45, 7) is 2.21. The molecular weight excluding hydrogens is 279 g/mol. The van der Waals surface area contributed by atoms with Gasteiger partial charge in [-0.3, -0.25) is 10.1 Å². The van der Waals surface area contributed by atoms with Gasteiger partial charge in [0.05, 0.1) is 24.4 Å². The number of methoxy groups -OCH3 is 1. The van der Waals surface area contributed by atoms with Gasteiger partial charge in [-0.1, -0.05) is 0 Å². The van der Waals surface area contributed by atoms with Crippen molar-refractivity contribution in [1.29, 1.82) is 0 Å². The van der Waals surface area contributed by atoms with Crippen molar-refractivity contribution < 1.29 is 18.5 Å². The van der Waals surface area contributed by atoms with E-state index in [0.717, 1.165) is 17.4 Å². The third-order valence-corrected chi connectivity index (χ3v) is 3.23. The predicted molar refractivity (Wildman–Crippen MR) is 75.2 cm³/mol. The second-order valence-corrected chi connectivity index (χ2v) is 4.59. The molecule has 0 N–H and O–H groups in total. The van der Waals surface area contributed by atoms with E-state index in [1.54, 1.807) is 24.3 Å². The molecule has 112 valence electrons. The Labute approximate surface area is 120 Å². The van der Waals surface area contributed by atoms with Crippen LogP contribution in [0.3, 0.4) is 0 Å². The van der Waals surface area contributed by atoms with E-state index in [1.165, 1.54) is 13.2 Å². The van der Waals surface area contributed by atoms with E-state index in [-0.39, 0.29) is 17.1 Å². The van der Waals surface area contributed by atoms with Gasteiger partial charge in [-0.25, -0.2) is 4.39 Å². The average Bonchev–Trinajstić information content (AvgIpc) is 2.83. The van der Waals surface area contributed by atoms with Crippen LogP contribution in [-0.4, -0.2) is 19.1 Å². The van der Waals surface area contributed by atoms with E-state index >= 15 is 0 Å². The first-order chi connectivity index (χ1) is 9.93. The minimum absolute atomic E-state index is 0.0358. The van der Waals surface area contributed by atoms with Crippen molar-refractivity contribution in [3.8, 4) is 5.75 Å². The number of anilines is 1. The molecule has 7 heteroatoms. The number of furan rings is 1. The SMILES string of the molecule is COc1cc(N(C)Cc2ccoc2C)c([N+](=O)[O-])cc1F. The first-order valence-electron chi connectivity index (χ1n) is 6.20. The van der Waals surface area contributed by atoms with Crippen LogP contribution >= 0.6 is 0 Å². The topological polar surface area (TPSA) is 68.8 Å². The molecule has 0 amide bonds. The standard InChI is InChI=1S/C14H15FN2O4/c1-9-10(4-5-21-9)8-16(2)12-7-14(20-3)11(15)6-13(12)17(18)19/h4-7H,8H2,1-3H3. The molecule has 1 aromatic carbocycles. The summed E-state index contributed by atoms with van der Waals surface area (Å²) in [5.74, 6) is -0.0641. The van der Waals surface area contributed by atoms with E-state index < -0.39 is 10.7 Å². The predicted octanol–water partition coefficient (Wildman–Crippen LogP) is 3.28. The average molecular weight is 294 g/mol. The van der Waals surface area contributed by atoms with Crippen LogP contribution in [0.15, 0.2) is 28.9 Å². The number of halogens is 1. The molecule has 0 bridgehead atoms. The molecule has 2 aromatic rings. The Hall–Kier alpha value is -2.57. The number of rotatable bonds is 5. The third-order valence-electron chi connectivity index (χ3n) is 3.23. The minimum atomic E-state index is -0.763. The van der Waals surface area contributed by atoms with E-state index in [4.69, 9.17) is 9.15 Å². The van der Waals surface area contributed by atoms with E-state index in [2.05, 4.69) is 0 Å². The maximum absolute atomic E-state index is 13.6. The number of hydrogen-bond acceptors (Lipinski definition) is 5. The number of nitrogens with zero attached hydrogens (tertiary/aromatic N) is 2. The number of nitro benzene ring substituents is 1. The monoisotopic (exact) mass is 294 g/mol. The maximum atomic E-state index is 13.6. The summed E-state index contributed by atoms with van der Waals surface area (Å²) < 4.78 is 23.7. The molecule has 1 aromatic heterocycles. The summed E-state index contributed by atoms with van der Waals surface area (Å²) in [5, 5.41) is 11.1. The lowest BCUT2D eigenvalue weighted by Crippen LogP contribution is -2.18. The van der Waals surface area contributed by atoms with E-state index in [0.29, 0.717) is 6.54 Å². The van der Waals surface area contributed by atoms with Gasteiger partial charge in [0, 0.05) is 25.2 Å². The highest BCUT2D eigenvalue weighted by molar-refractivity contribution is 5.66. The second-order valence-electron chi connectivity index (χ2n) is 4.59. The largest absolute Gasteiger partial charge is 0.494 e. The zero-order valence-corrected chi connectivity index (χ0v) is 11.9. The molecule has 21 heavy (non-hydrogen) atoms. The molecule has 0 saturated carbocycles. The van der Waals surface area contributed by atoms with Gasteiger partial charge < -0.3 is 14.1 Å². The van der Waals surface area contributed by atoms with Crippen LogP contribution in [0.5, 0.6) is 5.75 Å². The summed E-state index contributed by atoms with van der Waals surface area (Å²) >= 11 is 0. The molecule has 0 radical (unpaired) electrons. The van der Waals surface area contributed by atoms with Crippen molar-refractivity contribution in [2.24, 2.45) is 0 Å². The summed E-state index contributed by atoms with van der Waals surface area (Å²) in [5.41, 5.74) is 0.867. The fourth-order valence-electron chi connectivity index (χ4n) is 2.06. The Balaban J connectivity index is 2.41. The lowest BCUT2D eigenvalue weighted by atomic mass is 10.2. The number of benzene rings is 1. The third kappa shape index (κ3) is 2.96. The van der Waals surface area contributed by atoms with Gasteiger partial charge in [-0.05, 0) is 13.0 Å². The first kappa shape index (κ1) is 14.8. The maximum Gasteiger partial charge on any atom is 0.295 e. The van der Waals surface area contributed by atoms with Crippen LogP contribution in [0.2, 0.25) is 0 Å². The lowest BCUT2D eigenvalue weighted by Gasteiger charge is -2.19. The van der Waals surface area contributed by atoms with Crippen molar-refractivity contribution in [3.63, 3.8) is 0 Å². The van der Waals surface area contributed by atoms with Gasteiger partial charge in [0.2, 0.25) is 0 Å². The zero-order chi connectivity index (χ0) is 15.6. The molecule has 0 saturated heterocycles. The molecule has 1 heterocycles. The molecular formula is C14H15FN2O4. The molecule has 0 spiro atoms. The highest BCUT2D eigenvalue weighted by Crippen LogP contribution is 2.34. The van der Waals surface area contributed by atoms with Crippen molar-refractivity contribution in [1.82, 2.24) is 0 Å². The van der Waals surface area contributed by atoms with E-state index in [9.17, 15) is 14.5 Å². The Morgan fingerprint density at radius 2 is 2.19 bits per heavy atom. The fraction of sp³-hybridized carbons (Fsp3) is 0.286. The Morgan fingerprint density at radius 3 is 2.71 bits per heavy atom. The van der Waals surface area contributed by atoms with Crippen LogP contribution in [0.4, 0.5) is 15.8 Å². The summed E-state index contributed by atoms with van der Waals surface area (Å²) in [7, 11) is 3.00. The van der Waals surface area contributed by atoms with Crippen molar-refractivity contribution in [3.05, 3.63) is 51.7 Å². The molecule has 2 rings (SSSR count). The van der Waals surface area contributed by atoms with E-state index in [1.807, 2.05) is 6.92 Å². The van der Waals surface area contributed by atoms with Gasteiger partial charge in [-0.15, -0.1) is 0 Å². The fourth-order valence-corrected chi connectivity index (χ4v) is 2.06. The molecule has 6 nitrogen and oxygen atoms in total. The van der Waals surface area contributed by atoms with Crippen molar-refractivity contribution in [2.45, 2.75) is 13.5 Å². The summed E-state index contributed by atoms with van der Waals surface area (Å²) in [4.78, 5) is 12.1. The quantitative estimate of drug-likeness (QED) is 0.625. The van der Waals surface area contributed by atoms with Crippen LogP contribution < -0.4 is 9.64 Å². The van der Waals surface area contributed by atoms with Gasteiger partial charge >= 0.3 is 0 Å². The van der Waals surface area contributed by atoms with Gasteiger partial charge in [-0.2, -0.15) is 0 Å². The molecule has 0 unspecified atom stereocenters. The zero-order valence-electron chi connectivity index (χ0n) is 11.9. The van der Waals surface area contributed by atoms with Gasteiger partial charge in [0.25, 0.3) is 5.69 Å². The van der Waals surface area contributed by atoms with Crippen LogP contribution in [-0.2, 0) is 6.54 Å². The molecule has 0 aliphatic carbocycles. The van der Waals surface area contributed by atoms with Gasteiger partial charge in [0.15, 0.2) is 11.6 Å². The second kappa shape index (κ2) is 5.82. The van der Waals surface area contributed by atoms with Crippen LogP contribution in [0.1, 0.15) is 11.3 Å². The number of aryl methyl sites for hydroxylation is 1. The minimum Gasteiger partial charge on any atom is -0.494 e. The number of ether oxygens (including phenoxy) is 1. The summed E-state index contributed by atoms with van der Waals surface area (Å²) in [6, 6.07) is 3.98. The van der Waals surface area contributed by atoms with Crippen molar-refractivity contribution >= 4 is 11.4 Å². The Bertz CT molecular complexity index is 669. The van der Waals surface area contributed by atoms with Gasteiger partial charge in [0.1, 0.15) is 11.4 Å². The highest BCUT2D eigenvalue weighted by atomic mass is 19.1. The van der Waals surface area contributed by atoms with Crippen LogP contribution in [0, 0.1) is 22.9 Å². The number of hydrogen-bond donors (Lipinski definition) is 0. The lowest BCUT2D eigenvalue weighted by molar-refractivity contribution is -0.384. The molecule has 0 atom stereocenters. The van der Waals surface area contributed by atoms with Crippen LogP contribution in [0.25, 0.3) is 0 Å².